The number of hydrogen-bond donors (Lipinski definition) is 6. The van der Waals surface area contributed by atoms with Crippen molar-refractivity contribution in [2.24, 2.45) is 0 Å². The number of nitrogens with one attached hydrogen (secondary N) is 6. The largest absolute Gasteiger partial charge is 0.378 e. The Morgan fingerprint density at radius 1 is 0.432 bits per heavy atom. The molecule has 5 heterocycles. The lowest BCUT2D eigenvalue weighted by molar-refractivity contribution is -0.138. The molecule has 0 radical (unpaired) electrons. The van der Waals surface area contributed by atoms with E-state index >= 15 is 0 Å². The van der Waals surface area contributed by atoms with E-state index in [-0.39, 0.29) is 48.5 Å². The normalized spacial score (nSPS) is 20.2. The molecule has 26 heteroatoms. The van der Waals surface area contributed by atoms with Gasteiger partial charge in [0.25, 0.3) is 17.7 Å². The molecular formula is C85H105FN14O10S. The molecule has 6 N–H and O–H groups in total. The molecule has 111 heavy (non-hydrogen) atoms. The lowest BCUT2D eigenvalue weighted by Crippen LogP contribution is -2.55. The predicted octanol–water partition coefficient (Wildman–Crippen LogP) is 8.39. The van der Waals surface area contributed by atoms with Crippen LogP contribution in [-0.2, 0) is 33.9 Å². The molecule has 8 aromatic rings. The third-order valence-electron chi connectivity index (χ3n) is 21.5. The first-order chi connectivity index (χ1) is 53.8. The predicted molar refractivity (Wildman–Crippen MR) is 424 cm³/mol. The first-order valence-corrected chi connectivity index (χ1v) is 40.9. The van der Waals surface area contributed by atoms with E-state index in [1.807, 2.05) is 48.8 Å². The number of ether oxygens (including phenoxy) is 2. The Labute approximate surface area is 650 Å². The van der Waals surface area contributed by atoms with Crippen LogP contribution in [0.25, 0.3) is 11.4 Å². The molecule has 3 aliphatic heterocycles. The summed E-state index contributed by atoms with van der Waals surface area (Å²) in [5.74, 6) is 0.00995. The second-order valence-corrected chi connectivity index (χ2v) is 31.8. The van der Waals surface area contributed by atoms with E-state index in [0.717, 1.165) is 69.5 Å². The molecule has 6 aromatic carbocycles. The van der Waals surface area contributed by atoms with Crippen molar-refractivity contribution >= 4 is 45.5 Å². The van der Waals surface area contributed by atoms with Crippen LogP contribution < -0.4 is 31.9 Å². The molecule has 3 saturated carbocycles. The highest BCUT2D eigenvalue weighted by Gasteiger charge is 2.41. The van der Waals surface area contributed by atoms with E-state index in [4.69, 9.17) is 9.47 Å². The Morgan fingerprint density at radius 2 is 0.739 bits per heavy atom. The molecule has 0 bridgehead atoms. The number of carbonyl (C=O) groups excluding carboxylic acids is 6. The second-order valence-electron chi connectivity index (χ2n) is 29.8. The zero-order valence-corrected chi connectivity index (χ0v) is 64.8. The first-order valence-electron chi connectivity index (χ1n) is 39.0. The standard InChI is InChI=1S/C30H38N6O4S.C29H35N5O3.C26H32FN3O3/c1-22-6-8-23(9-7-22)26-21-28(26)31-14-3-5-27(30(38)34-17-19-35(20-18-34)41(2,39)40)33-29(37)24-10-12-25(13-11-24)36-16-4-15-32-36;1-21-5-7-22(8-6-21)25-20-27(25)30-13-2-4-26(29(36)33-16-18-37-19-17-33)32-28(35)23-9-11-24(12-10-23)34-15-3-14-31-34;1-18-4-6-19(7-5-18)22-17-24(22)28-12-2-3-23(26(32)30-13-15-33-16-14-30)29-25(31)20-8-10-21(27)11-9-20/h4,6-13,15-16,26-28,31H,3,5,14,17-21H2,1-2H3,(H,33,37);3,5-12,14-15,25-27,30H,2,4,13,16-20H2,1H3,(H,32,35);4-11,22-24,28H,2-3,12-17H2,1H3,(H,29,31)/t26-,27-,28+;25-,26-,27+;22-,23-,24+/m000/s1. The number of aromatic nitrogens is 4. The summed E-state index contributed by atoms with van der Waals surface area (Å²) < 4.78 is 52.6. The summed E-state index contributed by atoms with van der Waals surface area (Å²) in [5.41, 5.74) is 10.9. The highest BCUT2D eigenvalue weighted by molar-refractivity contribution is 7.88. The van der Waals surface area contributed by atoms with Gasteiger partial charge in [0.05, 0.1) is 44.1 Å². The third kappa shape index (κ3) is 23.4. The molecule has 2 aromatic heterocycles. The molecule has 24 nitrogen and oxygen atoms in total. The van der Waals surface area contributed by atoms with Crippen LogP contribution in [0.15, 0.2) is 183 Å². The van der Waals surface area contributed by atoms with E-state index in [1.165, 1.54) is 68.2 Å². The lowest BCUT2D eigenvalue weighted by atomic mass is 10.1. The summed E-state index contributed by atoms with van der Waals surface area (Å²) >= 11 is 0. The Balaban J connectivity index is 0.000000156. The number of carbonyl (C=O) groups is 6. The number of nitrogens with zero attached hydrogens (tertiary/aromatic N) is 8. The Morgan fingerprint density at radius 3 is 1.04 bits per heavy atom. The number of rotatable bonds is 30. The van der Waals surface area contributed by atoms with Gasteiger partial charge in [-0.2, -0.15) is 14.5 Å². The smallest absolute Gasteiger partial charge is 0.251 e. The van der Waals surface area contributed by atoms with Gasteiger partial charge in [-0.25, -0.2) is 22.2 Å². The van der Waals surface area contributed by atoms with Crippen LogP contribution in [0.2, 0.25) is 0 Å². The topological polar surface area (TPSA) is 276 Å². The Hall–Kier alpha value is -9.80. The van der Waals surface area contributed by atoms with Gasteiger partial charge in [0.15, 0.2) is 0 Å². The molecule has 6 aliphatic rings. The minimum Gasteiger partial charge on any atom is -0.378 e. The van der Waals surface area contributed by atoms with Crippen LogP contribution in [-0.4, -0.2) is 223 Å². The summed E-state index contributed by atoms with van der Waals surface area (Å²) in [6.45, 7) is 14.0. The average Bonchev–Trinajstić information content (AvgIpc) is 1.73. The quantitative estimate of drug-likeness (QED) is 0.0231. The maximum absolute atomic E-state index is 13.5. The van der Waals surface area contributed by atoms with Crippen LogP contribution in [0.4, 0.5) is 4.39 Å². The fourth-order valence-electron chi connectivity index (χ4n) is 14.5. The summed E-state index contributed by atoms with van der Waals surface area (Å²) in [6, 6.07) is 49.0. The fourth-order valence-corrected chi connectivity index (χ4v) is 15.4. The molecule has 6 fully saturated rings. The minimum atomic E-state index is -3.31. The van der Waals surface area contributed by atoms with E-state index < -0.39 is 34.0 Å². The number of hydrogen-bond acceptors (Lipinski definition) is 15. The molecular weight excluding hydrogens is 1430 g/mol. The summed E-state index contributed by atoms with van der Waals surface area (Å²) in [5, 5.41) is 28.1. The van der Waals surface area contributed by atoms with E-state index in [0.29, 0.717) is 138 Å². The third-order valence-corrected chi connectivity index (χ3v) is 22.8. The number of benzene rings is 6. The van der Waals surface area contributed by atoms with Crippen molar-refractivity contribution in [1.82, 2.24) is 70.5 Å². The molecule has 0 unspecified atom stereocenters. The molecule has 9 atom stereocenters. The number of morpholine rings is 2. The van der Waals surface area contributed by atoms with Gasteiger partial charge in [0.1, 0.15) is 23.9 Å². The van der Waals surface area contributed by atoms with Gasteiger partial charge in [-0.3, -0.25) is 28.8 Å². The summed E-state index contributed by atoms with van der Waals surface area (Å²) in [7, 11) is -3.31. The summed E-state index contributed by atoms with van der Waals surface area (Å²) in [4.78, 5) is 84.1. The molecule has 0 spiro atoms. The maximum Gasteiger partial charge on any atom is 0.251 e. The Bertz CT molecular complexity index is 4440. The van der Waals surface area contributed by atoms with Gasteiger partial charge in [0, 0.05) is 130 Å². The van der Waals surface area contributed by atoms with E-state index in [9.17, 15) is 41.6 Å². The van der Waals surface area contributed by atoms with Gasteiger partial charge in [-0.1, -0.05) is 89.5 Å². The van der Waals surface area contributed by atoms with Crippen LogP contribution in [0.1, 0.15) is 140 Å². The van der Waals surface area contributed by atoms with Crippen molar-refractivity contribution in [2.45, 2.75) is 133 Å². The number of amides is 6. The molecule has 3 aliphatic carbocycles. The van der Waals surface area contributed by atoms with E-state index in [2.05, 4.69) is 136 Å². The number of halogens is 1. The van der Waals surface area contributed by atoms with Crippen molar-refractivity contribution in [3.8, 4) is 11.4 Å². The highest BCUT2D eigenvalue weighted by Crippen LogP contribution is 2.43. The van der Waals surface area contributed by atoms with Gasteiger partial charge in [0.2, 0.25) is 27.7 Å². The van der Waals surface area contributed by atoms with Crippen molar-refractivity contribution in [3.05, 3.63) is 238 Å². The first kappa shape index (κ1) is 80.7. The van der Waals surface area contributed by atoms with Crippen LogP contribution >= 0.6 is 0 Å². The Kier molecular flexibility index (Phi) is 28.3. The van der Waals surface area contributed by atoms with Gasteiger partial charge in [-0.15, -0.1) is 0 Å². The molecule has 3 saturated heterocycles. The van der Waals surface area contributed by atoms with Crippen LogP contribution in [0.5, 0.6) is 0 Å². The highest BCUT2D eigenvalue weighted by atomic mass is 32.2. The second kappa shape index (κ2) is 38.9. The zero-order chi connectivity index (χ0) is 77.8. The fraction of sp³-hybridized carbons (Fsp3) is 0.435. The summed E-state index contributed by atoms with van der Waals surface area (Å²) in [6.07, 6.45) is 15.5. The number of piperazine rings is 1. The molecule has 14 rings (SSSR count). The van der Waals surface area contributed by atoms with Crippen molar-refractivity contribution in [3.63, 3.8) is 0 Å². The average molecular weight is 1530 g/mol. The van der Waals surface area contributed by atoms with Crippen LogP contribution in [0, 0.1) is 26.6 Å². The lowest BCUT2D eigenvalue weighted by Gasteiger charge is -2.35. The maximum atomic E-state index is 13.5. The number of aryl methyl sites for hydroxylation is 3. The molecule has 588 valence electrons. The monoisotopic (exact) mass is 1530 g/mol. The van der Waals surface area contributed by atoms with Crippen molar-refractivity contribution in [2.75, 3.05) is 105 Å². The van der Waals surface area contributed by atoms with Crippen molar-refractivity contribution in [1.29, 1.82) is 0 Å². The number of sulfonamides is 1. The zero-order valence-electron chi connectivity index (χ0n) is 63.9. The van der Waals surface area contributed by atoms with Gasteiger partial charge in [-0.05, 0) is 200 Å². The van der Waals surface area contributed by atoms with Gasteiger partial charge >= 0.3 is 0 Å². The van der Waals surface area contributed by atoms with Crippen molar-refractivity contribution < 1.29 is 51.0 Å². The van der Waals surface area contributed by atoms with Gasteiger partial charge < -0.3 is 56.1 Å². The minimum absolute atomic E-state index is 0.0336. The molecule has 6 amide bonds. The van der Waals surface area contributed by atoms with Crippen LogP contribution in [0.3, 0.4) is 0 Å². The SMILES string of the molecule is Cc1ccc([C@@H]2C[C@H]2NCCC[C@H](NC(=O)c2ccc(-n3cccn3)cc2)C(=O)N2CCN(S(C)(=O)=O)CC2)cc1.Cc1ccc([C@@H]2C[C@H]2NCCC[C@H](NC(=O)c2ccc(-n3cccn3)cc2)C(=O)N2CCOCC2)cc1.Cc1ccc([C@@H]2C[C@H]2NCCC[C@H](NC(=O)c2ccc(F)cc2)C(=O)N2CCOCC2)cc1. The van der Waals surface area contributed by atoms with E-state index in [1.54, 1.807) is 60.7 Å².